The minimum Gasteiger partial charge on any atom is -0.457 e. The fourth-order valence-corrected chi connectivity index (χ4v) is 2.13. The smallest absolute Gasteiger partial charge is 0.306 e. The predicted molar refractivity (Wildman–Crippen MR) is 66.8 cm³/mol. The molecule has 0 unspecified atom stereocenters. The lowest BCUT2D eigenvalue weighted by Crippen LogP contribution is -2.37. The Labute approximate surface area is 111 Å². The van der Waals surface area contributed by atoms with Gasteiger partial charge in [-0.15, -0.1) is 0 Å². The van der Waals surface area contributed by atoms with E-state index < -0.39 is 10.0 Å². The van der Waals surface area contributed by atoms with E-state index in [1.54, 1.807) is 12.1 Å². The van der Waals surface area contributed by atoms with Crippen LogP contribution in [0.5, 0.6) is 0 Å². The third kappa shape index (κ3) is 4.02. The molecule has 19 heavy (non-hydrogen) atoms. The molecule has 0 aliphatic carbocycles. The Kier molecular flexibility index (Phi) is 4.18. The third-order valence-electron chi connectivity index (χ3n) is 2.78. The van der Waals surface area contributed by atoms with Crippen LogP contribution in [-0.4, -0.2) is 33.7 Å². The van der Waals surface area contributed by atoms with Crippen molar-refractivity contribution in [3.63, 3.8) is 0 Å². The summed E-state index contributed by atoms with van der Waals surface area (Å²) in [5, 5.41) is 4.99. The van der Waals surface area contributed by atoms with Gasteiger partial charge in [-0.3, -0.25) is 4.79 Å². The first kappa shape index (κ1) is 14.0. The van der Waals surface area contributed by atoms with Gasteiger partial charge in [-0.1, -0.05) is 12.1 Å². The predicted octanol–water partition coefficient (Wildman–Crippen LogP) is 0.209. The first-order chi connectivity index (χ1) is 8.95. The fraction of sp³-hybridized carbons (Fsp3) is 0.417. The first-order valence-electron chi connectivity index (χ1n) is 5.84. The Hall–Kier alpha value is -1.44. The van der Waals surface area contributed by atoms with Crippen LogP contribution in [0.15, 0.2) is 29.2 Å². The van der Waals surface area contributed by atoms with E-state index in [0.29, 0.717) is 19.6 Å². The maximum atomic E-state index is 11.5. The van der Waals surface area contributed by atoms with Gasteiger partial charge in [0.1, 0.15) is 6.10 Å². The maximum absolute atomic E-state index is 11.5. The summed E-state index contributed by atoms with van der Waals surface area (Å²) in [6.07, 6.45) is 0.639. The molecule has 1 aliphatic rings. The topological polar surface area (TPSA) is 95.7 Å². The lowest BCUT2D eigenvalue weighted by Gasteiger charge is -2.25. The Morgan fingerprint density at radius 1 is 1.32 bits per heavy atom. The van der Waals surface area contributed by atoms with Crippen molar-refractivity contribution in [2.45, 2.75) is 23.8 Å². The van der Waals surface area contributed by atoms with Gasteiger partial charge in [-0.2, -0.15) is 0 Å². The van der Waals surface area contributed by atoms with E-state index in [1.165, 1.54) is 12.1 Å². The molecule has 0 bridgehead atoms. The maximum Gasteiger partial charge on any atom is 0.306 e. The summed E-state index contributed by atoms with van der Waals surface area (Å²) in [4.78, 5) is 11.5. The summed E-state index contributed by atoms with van der Waals surface area (Å²) in [5.41, 5.74) is 0.856. The molecule has 1 saturated heterocycles. The van der Waals surface area contributed by atoms with Crippen LogP contribution in [0.1, 0.15) is 12.0 Å². The van der Waals surface area contributed by atoms with Crippen molar-refractivity contribution in [2.75, 3.05) is 13.2 Å². The van der Waals surface area contributed by atoms with Crippen LogP contribution in [0.2, 0.25) is 0 Å². The van der Waals surface area contributed by atoms with Crippen molar-refractivity contribution < 1.29 is 22.7 Å². The van der Waals surface area contributed by atoms with E-state index in [0.717, 1.165) is 5.56 Å². The number of ether oxygens (including phenoxy) is 2. The summed E-state index contributed by atoms with van der Waals surface area (Å²) in [6.45, 7) is 0.934. The molecule has 7 heteroatoms. The summed E-state index contributed by atoms with van der Waals surface area (Å²) in [7, 11) is -3.67. The van der Waals surface area contributed by atoms with Gasteiger partial charge in [-0.05, 0) is 24.1 Å². The lowest BCUT2D eigenvalue weighted by atomic mass is 10.1. The zero-order valence-corrected chi connectivity index (χ0v) is 11.1. The number of esters is 1. The molecule has 1 heterocycles. The zero-order valence-electron chi connectivity index (χ0n) is 10.2. The van der Waals surface area contributed by atoms with E-state index in [4.69, 9.17) is 14.6 Å². The molecule has 1 fully saturated rings. The quantitative estimate of drug-likeness (QED) is 0.780. The molecule has 2 N–H and O–H groups in total. The first-order valence-corrected chi connectivity index (χ1v) is 7.39. The van der Waals surface area contributed by atoms with Crippen molar-refractivity contribution in [2.24, 2.45) is 5.14 Å². The number of sulfonamides is 1. The Balaban J connectivity index is 1.84. The second-order valence-corrected chi connectivity index (χ2v) is 5.90. The van der Waals surface area contributed by atoms with Crippen LogP contribution in [0.25, 0.3) is 0 Å². The summed E-state index contributed by atoms with van der Waals surface area (Å²) >= 11 is 0. The molecule has 0 spiro atoms. The number of benzene rings is 1. The van der Waals surface area contributed by atoms with Crippen LogP contribution < -0.4 is 5.14 Å². The number of hydrogen-bond donors (Lipinski definition) is 1. The van der Waals surface area contributed by atoms with Crippen LogP contribution in [0.4, 0.5) is 0 Å². The normalized spacial score (nSPS) is 15.8. The summed E-state index contributed by atoms with van der Waals surface area (Å²) < 4.78 is 32.1. The Morgan fingerprint density at radius 2 is 1.95 bits per heavy atom. The van der Waals surface area contributed by atoms with Crippen molar-refractivity contribution in [1.29, 1.82) is 0 Å². The zero-order chi connectivity index (χ0) is 13.9. The Bertz CT molecular complexity index is 548. The van der Waals surface area contributed by atoms with Gasteiger partial charge in [0, 0.05) is 6.42 Å². The van der Waals surface area contributed by atoms with Gasteiger partial charge in [0.2, 0.25) is 10.0 Å². The average molecular weight is 285 g/mol. The molecular formula is C12H15NO5S. The standard InChI is InChI=1S/C12H15NO5S/c13-19(15,16)11-4-1-9(2-5-11)3-6-12(14)18-10-7-17-8-10/h1-2,4-5,10H,3,6-8H2,(H2,13,15,16). The van der Waals surface area contributed by atoms with Gasteiger partial charge in [0.05, 0.1) is 18.1 Å². The van der Waals surface area contributed by atoms with E-state index in [-0.39, 0.29) is 23.4 Å². The number of aryl methyl sites for hydroxylation is 1. The SMILES string of the molecule is NS(=O)(=O)c1ccc(CCC(=O)OC2COC2)cc1. The fourth-order valence-electron chi connectivity index (χ4n) is 1.62. The minimum atomic E-state index is -3.67. The Morgan fingerprint density at radius 3 is 2.42 bits per heavy atom. The molecule has 104 valence electrons. The molecule has 1 aromatic rings. The molecule has 1 aliphatic heterocycles. The van der Waals surface area contributed by atoms with Crippen LogP contribution in [0.3, 0.4) is 0 Å². The van der Waals surface area contributed by atoms with Gasteiger partial charge >= 0.3 is 5.97 Å². The van der Waals surface area contributed by atoms with Gasteiger partial charge in [0.15, 0.2) is 0 Å². The minimum absolute atomic E-state index is 0.0606. The molecule has 0 saturated carbocycles. The number of carbonyl (C=O) groups excluding carboxylic acids is 1. The van der Waals surface area contributed by atoms with Gasteiger partial charge in [0.25, 0.3) is 0 Å². The highest BCUT2D eigenvalue weighted by Crippen LogP contribution is 2.12. The van der Waals surface area contributed by atoms with Gasteiger partial charge < -0.3 is 9.47 Å². The summed E-state index contributed by atoms with van der Waals surface area (Å²) in [5.74, 6) is -0.274. The van der Waals surface area contributed by atoms with E-state index in [1.807, 2.05) is 0 Å². The van der Waals surface area contributed by atoms with E-state index in [2.05, 4.69) is 0 Å². The molecule has 6 nitrogen and oxygen atoms in total. The number of hydrogen-bond acceptors (Lipinski definition) is 5. The molecule has 0 atom stereocenters. The molecule has 0 radical (unpaired) electrons. The second kappa shape index (κ2) is 5.68. The lowest BCUT2D eigenvalue weighted by molar-refractivity contribution is -0.172. The van der Waals surface area contributed by atoms with Crippen molar-refractivity contribution in [1.82, 2.24) is 0 Å². The molecular weight excluding hydrogens is 270 g/mol. The molecule has 1 aromatic carbocycles. The summed E-state index contributed by atoms with van der Waals surface area (Å²) in [6, 6.07) is 6.13. The largest absolute Gasteiger partial charge is 0.457 e. The van der Waals surface area contributed by atoms with Crippen LogP contribution in [0, 0.1) is 0 Å². The highest BCUT2D eigenvalue weighted by molar-refractivity contribution is 7.89. The highest BCUT2D eigenvalue weighted by Gasteiger charge is 2.22. The van der Waals surface area contributed by atoms with E-state index >= 15 is 0 Å². The third-order valence-corrected chi connectivity index (χ3v) is 3.70. The van der Waals surface area contributed by atoms with Crippen molar-refractivity contribution >= 4 is 16.0 Å². The molecule has 0 amide bonds. The molecule has 0 aromatic heterocycles. The number of nitrogens with two attached hydrogens (primary N) is 1. The number of primary sulfonamides is 1. The van der Waals surface area contributed by atoms with Crippen molar-refractivity contribution in [3.05, 3.63) is 29.8 Å². The average Bonchev–Trinajstić information content (AvgIpc) is 2.31. The van der Waals surface area contributed by atoms with Crippen LogP contribution in [-0.2, 0) is 30.7 Å². The van der Waals surface area contributed by atoms with E-state index in [9.17, 15) is 13.2 Å². The second-order valence-electron chi connectivity index (χ2n) is 4.34. The highest BCUT2D eigenvalue weighted by atomic mass is 32.2. The monoisotopic (exact) mass is 285 g/mol. The van der Waals surface area contributed by atoms with Crippen molar-refractivity contribution in [3.8, 4) is 0 Å². The number of rotatable bonds is 5. The molecule has 2 rings (SSSR count). The number of carbonyl (C=O) groups is 1. The van der Waals surface area contributed by atoms with Gasteiger partial charge in [-0.25, -0.2) is 13.6 Å². The van der Waals surface area contributed by atoms with Crippen LogP contribution >= 0.6 is 0 Å².